The summed E-state index contributed by atoms with van der Waals surface area (Å²) in [5, 5.41) is 9.25. The molecule has 5 N–H and O–H groups in total. The molecule has 1 amide bonds. The van der Waals surface area contributed by atoms with Crippen LogP contribution in [0.5, 0.6) is 0 Å². The van der Waals surface area contributed by atoms with Gasteiger partial charge in [0.15, 0.2) is 5.96 Å². The molecule has 22 heavy (non-hydrogen) atoms. The fourth-order valence-corrected chi connectivity index (χ4v) is 1.51. The molecule has 1 aromatic carbocycles. The van der Waals surface area contributed by atoms with E-state index in [0.717, 1.165) is 5.69 Å². The lowest BCUT2D eigenvalue weighted by molar-refractivity contribution is 0.0976. The van der Waals surface area contributed by atoms with E-state index in [4.69, 9.17) is 15.7 Å². The van der Waals surface area contributed by atoms with Gasteiger partial charge < -0.3 is 10.3 Å². The summed E-state index contributed by atoms with van der Waals surface area (Å²) in [7, 11) is -3.67. The number of carbonyl (C=O) groups is 1. The molecule has 0 saturated carbocycles. The van der Waals surface area contributed by atoms with E-state index in [1.165, 1.54) is 0 Å². The van der Waals surface area contributed by atoms with Gasteiger partial charge >= 0.3 is 0 Å². The third-order valence-electron chi connectivity index (χ3n) is 2.26. The molecule has 0 aliphatic heterocycles. The summed E-state index contributed by atoms with van der Waals surface area (Å²) >= 11 is 0. The first-order chi connectivity index (χ1) is 10.2. The minimum atomic E-state index is -3.67. The number of carbonyl (C=O) groups excluding carboxylic acids is 1. The van der Waals surface area contributed by atoms with Crippen molar-refractivity contribution in [1.82, 2.24) is 9.88 Å². The van der Waals surface area contributed by atoms with Gasteiger partial charge in [-0.3, -0.25) is 20.1 Å². The van der Waals surface area contributed by atoms with Crippen LogP contribution in [0.2, 0.25) is 0 Å². The molecule has 0 aliphatic rings. The van der Waals surface area contributed by atoms with Crippen LogP contribution >= 0.6 is 0 Å². The van der Waals surface area contributed by atoms with Crippen LogP contribution in [0.15, 0.2) is 48.8 Å². The van der Waals surface area contributed by atoms with E-state index >= 15 is 0 Å². The molecule has 0 fully saturated rings. The van der Waals surface area contributed by atoms with E-state index in [2.05, 4.69) is 5.32 Å². The molecule has 9 heteroatoms. The average Bonchev–Trinajstić information content (AvgIpc) is 2.90. The third kappa shape index (κ3) is 6.68. The number of amides is 1. The van der Waals surface area contributed by atoms with Crippen molar-refractivity contribution in [1.29, 1.82) is 5.41 Å². The fraction of sp³-hybridized carbons (Fsp3) is 0.0769. The van der Waals surface area contributed by atoms with Crippen molar-refractivity contribution in [3.8, 4) is 5.69 Å². The van der Waals surface area contributed by atoms with Gasteiger partial charge in [-0.15, -0.1) is 0 Å². The zero-order chi connectivity index (χ0) is 16.8. The van der Waals surface area contributed by atoms with E-state index < -0.39 is 10.1 Å². The lowest BCUT2D eigenvalue weighted by Gasteiger charge is -2.06. The minimum absolute atomic E-state index is 0.360. The molecule has 2 aromatic rings. The first kappa shape index (κ1) is 17.4. The van der Waals surface area contributed by atoms with Gasteiger partial charge in [-0.25, -0.2) is 0 Å². The number of rotatable bonds is 2. The molecule has 0 spiro atoms. The maximum absolute atomic E-state index is 11.6. The molecule has 8 nitrogen and oxygen atoms in total. The van der Waals surface area contributed by atoms with Crippen molar-refractivity contribution in [2.45, 2.75) is 0 Å². The van der Waals surface area contributed by atoms with E-state index in [9.17, 15) is 13.2 Å². The molecule has 0 saturated heterocycles. The Hall–Kier alpha value is -2.65. The van der Waals surface area contributed by atoms with Crippen LogP contribution in [-0.2, 0) is 10.1 Å². The maximum Gasteiger partial charge on any atom is 0.261 e. The lowest BCUT2D eigenvalue weighted by Crippen LogP contribution is -2.35. The monoisotopic (exact) mass is 324 g/mol. The van der Waals surface area contributed by atoms with Gasteiger partial charge in [0, 0.05) is 23.6 Å². The van der Waals surface area contributed by atoms with Crippen molar-refractivity contribution < 1.29 is 17.8 Å². The van der Waals surface area contributed by atoms with Gasteiger partial charge in [0.2, 0.25) is 0 Å². The minimum Gasteiger partial charge on any atom is -0.370 e. The van der Waals surface area contributed by atoms with Crippen LogP contribution in [0.25, 0.3) is 5.69 Å². The van der Waals surface area contributed by atoms with E-state index in [0.29, 0.717) is 11.8 Å². The summed E-state index contributed by atoms with van der Waals surface area (Å²) in [5.74, 6) is -0.743. The molecule has 1 heterocycles. The molecule has 0 aliphatic carbocycles. The molecule has 0 unspecified atom stereocenters. The molecular weight excluding hydrogens is 308 g/mol. The number of nitrogens with one attached hydrogen (secondary N) is 2. The van der Waals surface area contributed by atoms with Crippen LogP contribution in [0.1, 0.15) is 10.4 Å². The second-order valence-corrected chi connectivity index (χ2v) is 5.71. The second-order valence-electron chi connectivity index (χ2n) is 4.24. The number of nitrogens with two attached hydrogens (primary N) is 1. The molecular formula is C13H16N4O4S. The highest BCUT2D eigenvalue weighted by Gasteiger charge is 2.06. The SMILES string of the molecule is CS(=O)(=O)O.N=C(N)NC(=O)c1cccc(-n2cccc2)c1. The van der Waals surface area contributed by atoms with Crippen molar-refractivity contribution in [2.24, 2.45) is 5.73 Å². The predicted molar refractivity (Wildman–Crippen MR) is 82.6 cm³/mol. The van der Waals surface area contributed by atoms with Crippen LogP contribution in [0.4, 0.5) is 0 Å². The topological polar surface area (TPSA) is 138 Å². The quantitative estimate of drug-likeness (QED) is 0.364. The maximum atomic E-state index is 11.6. The molecule has 0 atom stereocenters. The van der Waals surface area contributed by atoms with Crippen molar-refractivity contribution >= 4 is 22.0 Å². The number of nitrogens with zero attached hydrogens (tertiary/aromatic N) is 1. The number of aromatic nitrogens is 1. The van der Waals surface area contributed by atoms with Gasteiger partial charge in [0.05, 0.1) is 6.26 Å². The van der Waals surface area contributed by atoms with E-state index in [1.54, 1.807) is 18.2 Å². The Morgan fingerprint density at radius 2 is 1.82 bits per heavy atom. The highest BCUT2D eigenvalue weighted by Crippen LogP contribution is 2.10. The Morgan fingerprint density at radius 3 is 2.32 bits per heavy atom. The smallest absolute Gasteiger partial charge is 0.261 e. The van der Waals surface area contributed by atoms with Crippen LogP contribution in [0, 0.1) is 5.41 Å². The standard InChI is InChI=1S/C12H12N4O.CH4O3S/c13-12(14)15-11(17)9-4-3-5-10(8-9)16-6-1-2-7-16;1-5(2,3)4/h1-8H,(H4,13,14,15,17);1H3,(H,2,3,4). The van der Waals surface area contributed by atoms with Gasteiger partial charge in [0.1, 0.15) is 0 Å². The van der Waals surface area contributed by atoms with Crippen LogP contribution in [0.3, 0.4) is 0 Å². The van der Waals surface area contributed by atoms with Gasteiger partial charge in [-0.2, -0.15) is 8.42 Å². The average molecular weight is 324 g/mol. The van der Waals surface area contributed by atoms with Crippen LogP contribution < -0.4 is 11.1 Å². The molecule has 1 aromatic heterocycles. The summed E-state index contributed by atoms with van der Waals surface area (Å²) < 4.78 is 27.8. The third-order valence-corrected chi connectivity index (χ3v) is 2.26. The Labute approximate surface area is 127 Å². The van der Waals surface area contributed by atoms with E-state index in [-0.39, 0.29) is 11.9 Å². The number of benzene rings is 1. The zero-order valence-corrected chi connectivity index (χ0v) is 12.5. The largest absolute Gasteiger partial charge is 0.370 e. The van der Waals surface area contributed by atoms with Crippen molar-refractivity contribution in [3.63, 3.8) is 0 Å². The fourth-order valence-electron chi connectivity index (χ4n) is 1.51. The first-order valence-corrected chi connectivity index (χ1v) is 7.83. The van der Waals surface area contributed by atoms with Gasteiger partial charge in [0.25, 0.3) is 16.0 Å². The second kappa shape index (κ2) is 7.38. The molecule has 2 rings (SSSR count). The van der Waals surface area contributed by atoms with Crippen LogP contribution in [-0.4, -0.2) is 35.7 Å². The molecule has 0 bridgehead atoms. The summed E-state index contributed by atoms with van der Waals surface area (Å²) in [6, 6.07) is 10.9. The predicted octanol–water partition coefficient (Wildman–Crippen LogP) is 0.605. The lowest BCUT2D eigenvalue weighted by atomic mass is 10.2. The highest BCUT2D eigenvalue weighted by molar-refractivity contribution is 7.85. The zero-order valence-electron chi connectivity index (χ0n) is 11.7. The highest BCUT2D eigenvalue weighted by atomic mass is 32.2. The summed E-state index contributed by atoms with van der Waals surface area (Å²) in [6.07, 6.45) is 4.50. The first-order valence-electron chi connectivity index (χ1n) is 5.98. The Morgan fingerprint density at radius 1 is 1.27 bits per heavy atom. The number of hydrogen-bond donors (Lipinski definition) is 4. The Bertz CT molecular complexity index is 746. The van der Waals surface area contributed by atoms with Gasteiger partial charge in [-0.1, -0.05) is 6.07 Å². The Balaban J connectivity index is 0.000000422. The van der Waals surface area contributed by atoms with E-state index in [1.807, 2.05) is 35.2 Å². The molecule has 0 radical (unpaired) electrons. The van der Waals surface area contributed by atoms with Crippen molar-refractivity contribution in [3.05, 3.63) is 54.4 Å². The summed E-state index contributed by atoms with van der Waals surface area (Å²) in [5.41, 5.74) is 6.45. The normalized spacial score (nSPS) is 10.3. The van der Waals surface area contributed by atoms with Gasteiger partial charge in [-0.05, 0) is 30.3 Å². The van der Waals surface area contributed by atoms with Crippen molar-refractivity contribution in [2.75, 3.05) is 6.26 Å². The molecule has 118 valence electrons. The Kier molecular flexibility index (Phi) is 5.84. The number of hydrogen-bond acceptors (Lipinski definition) is 4. The summed E-state index contributed by atoms with van der Waals surface area (Å²) in [4.78, 5) is 11.6. The number of guanidine groups is 1. The summed E-state index contributed by atoms with van der Waals surface area (Å²) in [6.45, 7) is 0.